The van der Waals surface area contributed by atoms with Gasteiger partial charge >= 0.3 is 0 Å². The van der Waals surface area contributed by atoms with Gasteiger partial charge in [0.05, 0.1) is 5.69 Å². The monoisotopic (exact) mass is 280 g/mol. The van der Waals surface area contributed by atoms with Gasteiger partial charge in [-0.3, -0.25) is 4.79 Å². The minimum Gasteiger partial charge on any atom is -0.288 e. The predicted octanol–water partition coefficient (Wildman–Crippen LogP) is 3.72. The summed E-state index contributed by atoms with van der Waals surface area (Å²) in [5, 5.41) is 4.69. The Bertz CT molecular complexity index is 569. The fourth-order valence-corrected chi connectivity index (χ4v) is 2.53. The lowest BCUT2D eigenvalue weighted by atomic mass is 9.90. The number of aromatic nitrogens is 2. The summed E-state index contributed by atoms with van der Waals surface area (Å²) in [6.07, 6.45) is 0. The fourth-order valence-electron chi connectivity index (χ4n) is 1.56. The smallest absolute Gasteiger partial charge is 0.206 e. The van der Waals surface area contributed by atoms with Crippen LogP contribution in [0, 0.1) is 0 Å². The average molecular weight is 281 g/mol. The number of rotatable bonds is 2. The van der Waals surface area contributed by atoms with Crippen LogP contribution in [0.3, 0.4) is 0 Å². The molecule has 0 aliphatic rings. The summed E-state index contributed by atoms with van der Waals surface area (Å²) in [6.45, 7) is 6.05. The fraction of sp³-hybridized carbons (Fsp3) is 0.308. The number of benzene rings is 1. The van der Waals surface area contributed by atoms with E-state index in [9.17, 15) is 4.79 Å². The van der Waals surface area contributed by atoms with E-state index in [0.29, 0.717) is 15.5 Å². The molecule has 1 heterocycles. The van der Waals surface area contributed by atoms with E-state index in [1.807, 2.05) is 20.8 Å². The Labute approximate surface area is 115 Å². The molecule has 1 aromatic heterocycles. The molecular formula is C13H13ClN2OS. The molecule has 0 atom stereocenters. The van der Waals surface area contributed by atoms with Crippen LogP contribution in [-0.2, 0) is 5.41 Å². The van der Waals surface area contributed by atoms with E-state index in [2.05, 4.69) is 9.59 Å². The minimum atomic E-state index is -0.190. The summed E-state index contributed by atoms with van der Waals surface area (Å²) in [7, 11) is 0. The van der Waals surface area contributed by atoms with Gasteiger partial charge in [-0.25, -0.2) is 0 Å². The van der Waals surface area contributed by atoms with Crippen molar-refractivity contribution in [3.05, 3.63) is 45.4 Å². The van der Waals surface area contributed by atoms with Gasteiger partial charge in [0.1, 0.15) is 4.88 Å². The van der Waals surface area contributed by atoms with Crippen molar-refractivity contribution < 1.29 is 4.79 Å². The Morgan fingerprint density at radius 1 is 1.22 bits per heavy atom. The van der Waals surface area contributed by atoms with Crippen molar-refractivity contribution in [2.45, 2.75) is 26.2 Å². The molecule has 2 rings (SSSR count). The second-order valence-electron chi connectivity index (χ2n) is 5.04. The van der Waals surface area contributed by atoms with E-state index in [1.165, 1.54) is 0 Å². The zero-order valence-electron chi connectivity index (χ0n) is 10.4. The van der Waals surface area contributed by atoms with Gasteiger partial charge in [0.2, 0.25) is 5.78 Å². The van der Waals surface area contributed by atoms with Gasteiger partial charge in [-0.15, -0.1) is 5.10 Å². The molecule has 0 N–H and O–H groups in total. The van der Waals surface area contributed by atoms with E-state index in [-0.39, 0.29) is 11.2 Å². The average Bonchev–Trinajstić information content (AvgIpc) is 2.77. The SMILES string of the molecule is CC(C)(C)c1nnsc1C(=O)c1ccc(Cl)cc1. The number of hydrogen-bond acceptors (Lipinski definition) is 4. The summed E-state index contributed by atoms with van der Waals surface area (Å²) in [5.74, 6) is -0.0495. The maximum Gasteiger partial charge on any atom is 0.206 e. The first-order valence-corrected chi connectivity index (χ1v) is 6.68. The molecular weight excluding hydrogens is 268 g/mol. The van der Waals surface area contributed by atoms with Gasteiger partial charge in [-0.1, -0.05) is 36.9 Å². The van der Waals surface area contributed by atoms with Crippen molar-refractivity contribution in [1.29, 1.82) is 0 Å². The molecule has 2 aromatic rings. The van der Waals surface area contributed by atoms with Gasteiger partial charge in [-0.2, -0.15) is 0 Å². The van der Waals surface area contributed by atoms with Crippen LogP contribution in [-0.4, -0.2) is 15.4 Å². The van der Waals surface area contributed by atoms with Gasteiger partial charge < -0.3 is 0 Å². The van der Waals surface area contributed by atoms with Crippen molar-refractivity contribution >= 4 is 28.9 Å². The first-order chi connectivity index (χ1) is 8.39. The van der Waals surface area contributed by atoms with Gasteiger partial charge in [-0.05, 0) is 35.8 Å². The highest BCUT2D eigenvalue weighted by atomic mass is 35.5. The highest BCUT2D eigenvalue weighted by Gasteiger charge is 2.26. The van der Waals surface area contributed by atoms with Crippen LogP contribution in [0.15, 0.2) is 24.3 Å². The standard InChI is InChI=1S/C13H13ClN2OS/c1-13(2,3)12-11(18-16-15-12)10(17)8-4-6-9(14)7-5-8/h4-7H,1-3H3. The van der Waals surface area contributed by atoms with Crippen LogP contribution in [0.2, 0.25) is 5.02 Å². The summed E-state index contributed by atoms with van der Waals surface area (Å²) in [5.41, 5.74) is 1.16. The van der Waals surface area contributed by atoms with Gasteiger partial charge in [0, 0.05) is 16.0 Å². The van der Waals surface area contributed by atoms with E-state index in [0.717, 1.165) is 17.2 Å². The predicted molar refractivity (Wildman–Crippen MR) is 73.5 cm³/mol. The van der Waals surface area contributed by atoms with E-state index >= 15 is 0 Å². The molecule has 0 aliphatic carbocycles. The minimum absolute atomic E-state index is 0.0495. The van der Waals surface area contributed by atoms with Crippen LogP contribution in [0.25, 0.3) is 0 Å². The molecule has 0 radical (unpaired) electrons. The highest BCUT2D eigenvalue weighted by molar-refractivity contribution is 7.08. The number of carbonyl (C=O) groups is 1. The van der Waals surface area contributed by atoms with Crippen molar-refractivity contribution in [1.82, 2.24) is 9.59 Å². The summed E-state index contributed by atoms with van der Waals surface area (Å²) in [6, 6.07) is 6.85. The molecule has 0 saturated carbocycles. The molecule has 5 heteroatoms. The Hall–Kier alpha value is -1.26. The molecule has 94 valence electrons. The molecule has 0 unspecified atom stereocenters. The summed E-state index contributed by atoms with van der Waals surface area (Å²) in [4.78, 5) is 13.0. The normalized spacial score (nSPS) is 11.6. The third kappa shape index (κ3) is 2.60. The van der Waals surface area contributed by atoms with Crippen LogP contribution in [0.4, 0.5) is 0 Å². The number of ketones is 1. The molecule has 18 heavy (non-hydrogen) atoms. The topological polar surface area (TPSA) is 42.9 Å². The molecule has 1 aromatic carbocycles. The summed E-state index contributed by atoms with van der Waals surface area (Å²) >= 11 is 6.95. The van der Waals surface area contributed by atoms with Crippen molar-refractivity contribution in [2.24, 2.45) is 0 Å². The molecule has 0 fully saturated rings. The zero-order chi connectivity index (χ0) is 13.3. The lowest BCUT2D eigenvalue weighted by Crippen LogP contribution is -2.16. The molecule has 0 saturated heterocycles. The summed E-state index contributed by atoms with van der Waals surface area (Å²) < 4.78 is 3.90. The lowest BCUT2D eigenvalue weighted by Gasteiger charge is -2.15. The van der Waals surface area contributed by atoms with Crippen LogP contribution in [0.5, 0.6) is 0 Å². The third-order valence-electron chi connectivity index (χ3n) is 2.51. The molecule has 0 spiro atoms. The van der Waals surface area contributed by atoms with Crippen molar-refractivity contribution in [3.63, 3.8) is 0 Å². The second kappa shape index (κ2) is 4.78. The Morgan fingerprint density at radius 2 is 1.83 bits per heavy atom. The third-order valence-corrected chi connectivity index (χ3v) is 3.49. The van der Waals surface area contributed by atoms with E-state index in [1.54, 1.807) is 24.3 Å². The maximum atomic E-state index is 12.4. The second-order valence-corrected chi connectivity index (χ2v) is 6.23. The first-order valence-electron chi connectivity index (χ1n) is 5.52. The number of halogens is 1. The Kier molecular flexibility index (Phi) is 3.50. The van der Waals surface area contributed by atoms with Crippen LogP contribution < -0.4 is 0 Å². The quantitative estimate of drug-likeness (QED) is 0.788. The largest absolute Gasteiger partial charge is 0.288 e. The molecule has 0 aliphatic heterocycles. The van der Waals surface area contributed by atoms with E-state index < -0.39 is 0 Å². The zero-order valence-corrected chi connectivity index (χ0v) is 12.0. The molecule has 3 nitrogen and oxygen atoms in total. The Balaban J connectivity index is 2.41. The van der Waals surface area contributed by atoms with Crippen LogP contribution >= 0.6 is 23.1 Å². The van der Waals surface area contributed by atoms with Gasteiger partial charge in [0.25, 0.3) is 0 Å². The number of hydrogen-bond donors (Lipinski definition) is 0. The molecule has 0 bridgehead atoms. The first kappa shape index (κ1) is 13.2. The number of carbonyl (C=O) groups excluding carboxylic acids is 1. The highest BCUT2D eigenvalue weighted by Crippen LogP contribution is 2.27. The Morgan fingerprint density at radius 3 is 2.39 bits per heavy atom. The number of nitrogens with zero attached hydrogens (tertiary/aromatic N) is 2. The van der Waals surface area contributed by atoms with Crippen molar-refractivity contribution in [2.75, 3.05) is 0 Å². The molecule has 0 amide bonds. The van der Waals surface area contributed by atoms with E-state index in [4.69, 9.17) is 11.6 Å². The van der Waals surface area contributed by atoms with Crippen molar-refractivity contribution in [3.8, 4) is 0 Å². The van der Waals surface area contributed by atoms with Crippen LogP contribution in [0.1, 0.15) is 41.7 Å². The lowest BCUT2D eigenvalue weighted by molar-refractivity contribution is 0.104. The maximum absolute atomic E-state index is 12.4. The van der Waals surface area contributed by atoms with Gasteiger partial charge in [0.15, 0.2) is 0 Å².